The van der Waals surface area contributed by atoms with Gasteiger partial charge in [0.15, 0.2) is 0 Å². The number of hydrogen-bond acceptors (Lipinski definition) is 8. The Balaban J connectivity index is 3.79. The van der Waals surface area contributed by atoms with Crippen molar-refractivity contribution in [2.24, 2.45) is 0 Å². The zero-order valence-electron chi connectivity index (χ0n) is 8.17. The minimum atomic E-state index is -1.13. The molecule has 0 aliphatic carbocycles. The molecule has 0 saturated heterocycles. The third-order valence-electron chi connectivity index (χ3n) is 1.25. The molecule has 0 atom stereocenters. The zero-order chi connectivity index (χ0) is 12.6. The lowest BCUT2D eigenvalue weighted by Crippen LogP contribution is -2.19. The third kappa shape index (κ3) is 6.62. The summed E-state index contributed by atoms with van der Waals surface area (Å²) in [6, 6.07) is 0. The predicted molar refractivity (Wildman–Crippen MR) is 45.6 cm³/mol. The Morgan fingerprint density at radius 3 is 1.25 bits per heavy atom. The van der Waals surface area contributed by atoms with Crippen LogP contribution in [0.25, 0.3) is 0 Å². The van der Waals surface area contributed by atoms with Gasteiger partial charge in [-0.25, -0.2) is 9.59 Å². The SMILES string of the molecule is O=C(CO)OC(=O)CCC(=O)OC(=O)CO. The van der Waals surface area contributed by atoms with Crippen LogP contribution in [0.3, 0.4) is 0 Å². The van der Waals surface area contributed by atoms with Crippen LogP contribution in [0, 0.1) is 0 Å². The van der Waals surface area contributed by atoms with Gasteiger partial charge in [-0.3, -0.25) is 9.59 Å². The second kappa shape index (κ2) is 7.49. The summed E-state index contributed by atoms with van der Waals surface area (Å²) in [7, 11) is 0. The molecule has 0 heterocycles. The average molecular weight is 234 g/mol. The minimum Gasteiger partial charge on any atom is -0.391 e. The van der Waals surface area contributed by atoms with Crippen LogP contribution in [0.4, 0.5) is 0 Å². The highest BCUT2D eigenvalue weighted by Crippen LogP contribution is 1.96. The van der Waals surface area contributed by atoms with Crippen molar-refractivity contribution in [3.63, 3.8) is 0 Å². The molecule has 0 rings (SSSR count). The fraction of sp³-hybridized carbons (Fsp3) is 0.500. The molecule has 0 unspecified atom stereocenters. The van der Waals surface area contributed by atoms with Crippen LogP contribution < -0.4 is 0 Å². The first-order valence-corrected chi connectivity index (χ1v) is 4.18. The minimum absolute atomic E-state index is 0.469. The molecule has 8 heteroatoms. The number of rotatable bonds is 5. The molecule has 2 N–H and O–H groups in total. The Morgan fingerprint density at radius 2 is 1.00 bits per heavy atom. The van der Waals surface area contributed by atoms with E-state index in [1.807, 2.05) is 0 Å². The Morgan fingerprint density at radius 1 is 0.688 bits per heavy atom. The molecule has 90 valence electrons. The highest BCUT2D eigenvalue weighted by molar-refractivity contribution is 5.90. The number of aliphatic hydroxyl groups is 2. The number of hydrogen-bond donors (Lipinski definition) is 2. The summed E-state index contributed by atoms with van der Waals surface area (Å²) in [4.78, 5) is 42.3. The van der Waals surface area contributed by atoms with Gasteiger partial charge in [-0.2, -0.15) is 0 Å². The number of carbonyl (C=O) groups excluding carboxylic acids is 4. The van der Waals surface area contributed by atoms with Gasteiger partial charge in [0.2, 0.25) is 0 Å². The van der Waals surface area contributed by atoms with Gasteiger partial charge < -0.3 is 19.7 Å². The van der Waals surface area contributed by atoms with E-state index in [2.05, 4.69) is 9.47 Å². The van der Waals surface area contributed by atoms with E-state index in [-0.39, 0.29) is 0 Å². The molecule has 0 aromatic rings. The molecule has 0 radical (unpaired) electrons. The molecule has 8 nitrogen and oxygen atoms in total. The van der Waals surface area contributed by atoms with Crippen LogP contribution in [0.2, 0.25) is 0 Å². The maximum absolute atomic E-state index is 10.8. The van der Waals surface area contributed by atoms with Crippen LogP contribution in [-0.4, -0.2) is 47.3 Å². The highest BCUT2D eigenvalue weighted by Gasteiger charge is 2.14. The Kier molecular flexibility index (Phi) is 6.64. The standard InChI is InChI=1S/C8H10O8/c9-3-7(13)15-5(11)1-2-6(12)16-8(14)4-10/h9-10H,1-4H2. The van der Waals surface area contributed by atoms with Crippen molar-refractivity contribution in [2.45, 2.75) is 12.8 Å². The summed E-state index contributed by atoms with van der Waals surface area (Å²) in [6.07, 6.45) is -0.938. The lowest BCUT2D eigenvalue weighted by Gasteiger charge is -2.01. The molecular weight excluding hydrogens is 224 g/mol. The van der Waals surface area contributed by atoms with Crippen LogP contribution in [0.5, 0.6) is 0 Å². The van der Waals surface area contributed by atoms with E-state index in [1.165, 1.54) is 0 Å². The zero-order valence-corrected chi connectivity index (χ0v) is 8.17. The molecule has 0 aromatic carbocycles. The summed E-state index contributed by atoms with van der Waals surface area (Å²) in [6.45, 7) is -1.89. The van der Waals surface area contributed by atoms with Crippen LogP contribution in [0.1, 0.15) is 12.8 Å². The number of esters is 4. The number of aliphatic hydroxyl groups excluding tert-OH is 2. The smallest absolute Gasteiger partial charge is 0.339 e. The number of carbonyl (C=O) groups is 4. The van der Waals surface area contributed by atoms with Gasteiger partial charge in [0.05, 0.1) is 12.8 Å². The molecule has 0 saturated carbocycles. The van der Waals surface area contributed by atoms with Gasteiger partial charge in [0, 0.05) is 0 Å². The van der Waals surface area contributed by atoms with Gasteiger partial charge in [-0.15, -0.1) is 0 Å². The second-order valence-corrected chi connectivity index (χ2v) is 2.51. The lowest BCUT2D eigenvalue weighted by atomic mass is 10.3. The van der Waals surface area contributed by atoms with Gasteiger partial charge in [0.25, 0.3) is 0 Å². The predicted octanol–water partition coefficient (Wildman–Crippen LogP) is -2.11. The van der Waals surface area contributed by atoms with E-state index in [0.29, 0.717) is 0 Å². The Labute approximate surface area is 89.8 Å². The Bertz CT molecular complexity index is 264. The molecule has 0 aliphatic heterocycles. The fourth-order valence-electron chi connectivity index (χ4n) is 0.625. The van der Waals surface area contributed by atoms with E-state index in [9.17, 15) is 19.2 Å². The molecule has 0 aliphatic rings. The van der Waals surface area contributed by atoms with Crippen molar-refractivity contribution >= 4 is 23.9 Å². The molecule has 0 spiro atoms. The molecule has 0 aromatic heterocycles. The van der Waals surface area contributed by atoms with E-state index in [1.54, 1.807) is 0 Å². The van der Waals surface area contributed by atoms with Crippen molar-refractivity contribution in [2.75, 3.05) is 13.2 Å². The van der Waals surface area contributed by atoms with Crippen molar-refractivity contribution in [1.82, 2.24) is 0 Å². The molecular formula is C8H10O8. The van der Waals surface area contributed by atoms with Gasteiger partial charge in [-0.05, 0) is 0 Å². The average Bonchev–Trinajstić information content (AvgIpc) is 2.26. The first kappa shape index (κ1) is 14.2. The van der Waals surface area contributed by atoms with Gasteiger partial charge >= 0.3 is 23.9 Å². The second-order valence-electron chi connectivity index (χ2n) is 2.51. The number of ether oxygens (including phenoxy) is 2. The Hall–Kier alpha value is -1.80. The highest BCUT2D eigenvalue weighted by atomic mass is 16.6. The molecule has 0 bridgehead atoms. The fourth-order valence-corrected chi connectivity index (χ4v) is 0.625. The normalized spacial score (nSPS) is 9.38. The first-order chi connectivity index (χ1) is 7.49. The van der Waals surface area contributed by atoms with Crippen LogP contribution >= 0.6 is 0 Å². The van der Waals surface area contributed by atoms with E-state index in [0.717, 1.165) is 0 Å². The van der Waals surface area contributed by atoms with Crippen molar-refractivity contribution in [3.8, 4) is 0 Å². The summed E-state index contributed by atoms with van der Waals surface area (Å²) < 4.78 is 8.02. The van der Waals surface area contributed by atoms with E-state index < -0.39 is 49.9 Å². The third-order valence-corrected chi connectivity index (χ3v) is 1.25. The summed E-state index contributed by atoms with van der Waals surface area (Å²) in [5.41, 5.74) is 0. The van der Waals surface area contributed by atoms with Gasteiger partial charge in [-0.1, -0.05) is 0 Å². The lowest BCUT2D eigenvalue weighted by molar-refractivity contribution is -0.166. The molecule has 16 heavy (non-hydrogen) atoms. The van der Waals surface area contributed by atoms with Crippen molar-refractivity contribution in [3.05, 3.63) is 0 Å². The summed E-state index contributed by atoms with van der Waals surface area (Å²) in [5, 5.41) is 16.4. The molecule has 0 fully saturated rings. The summed E-state index contributed by atoms with van der Waals surface area (Å²) in [5.74, 6) is -4.31. The van der Waals surface area contributed by atoms with Crippen LogP contribution in [-0.2, 0) is 28.7 Å². The quantitative estimate of drug-likeness (QED) is 0.408. The maximum Gasteiger partial charge on any atom is 0.339 e. The van der Waals surface area contributed by atoms with Crippen molar-refractivity contribution in [1.29, 1.82) is 0 Å². The topological polar surface area (TPSA) is 127 Å². The van der Waals surface area contributed by atoms with Gasteiger partial charge in [0.1, 0.15) is 13.2 Å². The van der Waals surface area contributed by atoms with E-state index in [4.69, 9.17) is 10.2 Å². The van der Waals surface area contributed by atoms with Crippen LogP contribution in [0.15, 0.2) is 0 Å². The summed E-state index contributed by atoms with van der Waals surface area (Å²) >= 11 is 0. The largest absolute Gasteiger partial charge is 0.391 e. The first-order valence-electron chi connectivity index (χ1n) is 4.18. The van der Waals surface area contributed by atoms with Crippen molar-refractivity contribution < 1.29 is 38.9 Å². The van der Waals surface area contributed by atoms with E-state index >= 15 is 0 Å². The molecule has 0 amide bonds. The monoisotopic (exact) mass is 234 g/mol. The maximum atomic E-state index is 10.8.